The predicted molar refractivity (Wildman–Crippen MR) is 59.9 cm³/mol. The van der Waals surface area contributed by atoms with Crippen LogP contribution in [-0.4, -0.2) is 21.3 Å². The third kappa shape index (κ3) is 3.29. The van der Waals surface area contributed by atoms with Crippen LogP contribution in [0.2, 0.25) is 5.02 Å². The highest BCUT2D eigenvalue weighted by molar-refractivity contribution is 6.30. The number of rotatable bonds is 4. The van der Waals surface area contributed by atoms with E-state index in [1.54, 1.807) is 12.1 Å². The van der Waals surface area contributed by atoms with Crippen molar-refractivity contribution in [2.24, 2.45) is 0 Å². The third-order valence-corrected chi connectivity index (χ3v) is 2.33. The average Bonchev–Trinajstić information content (AvgIpc) is 2.68. The van der Waals surface area contributed by atoms with Crippen molar-refractivity contribution >= 4 is 17.6 Å². The molecule has 1 aromatic heterocycles. The van der Waals surface area contributed by atoms with Crippen LogP contribution in [0.1, 0.15) is 17.3 Å². The molecule has 0 aliphatic carbocycles. The summed E-state index contributed by atoms with van der Waals surface area (Å²) < 4.78 is 5.19. The summed E-state index contributed by atoms with van der Waals surface area (Å²) in [5, 5.41) is 16.6. The molecular weight excluding hydrogens is 244 g/mol. The highest BCUT2D eigenvalue weighted by atomic mass is 35.5. The van der Waals surface area contributed by atoms with Crippen LogP contribution in [0.4, 0.5) is 0 Å². The predicted octanol–water partition coefficient (Wildman–Crippen LogP) is 1.94. The minimum absolute atomic E-state index is 0.112. The molecule has 0 bridgehead atoms. The summed E-state index contributed by atoms with van der Waals surface area (Å²) in [6.45, 7) is 0. The lowest BCUT2D eigenvalue weighted by molar-refractivity contribution is -0.136. The Hall–Kier alpha value is -1.88. The maximum absolute atomic E-state index is 10.4. The van der Waals surface area contributed by atoms with E-state index in [9.17, 15) is 4.79 Å². The standard InChI is InChI=1S/C11H9ClN2O3/c12-8-3-1-7(2-4-8)5-9-13-14-10(17-9)6-11(15)16/h1-4H,5-6H2,(H,15,16). The van der Waals surface area contributed by atoms with Gasteiger partial charge in [0.1, 0.15) is 6.42 Å². The first-order valence-corrected chi connectivity index (χ1v) is 5.29. The first kappa shape index (κ1) is 11.6. The largest absolute Gasteiger partial charge is 0.481 e. The van der Waals surface area contributed by atoms with Crippen molar-refractivity contribution in [2.45, 2.75) is 12.8 Å². The second-order valence-electron chi connectivity index (χ2n) is 3.46. The highest BCUT2D eigenvalue weighted by Gasteiger charge is 2.10. The minimum atomic E-state index is -0.994. The molecule has 0 aliphatic heterocycles. The molecule has 6 heteroatoms. The van der Waals surface area contributed by atoms with Gasteiger partial charge in [0.2, 0.25) is 11.8 Å². The van der Waals surface area contributed by atoms with Crippen molar-refractivity contribution in [3.8, 4) is 0 Å². The van der Waals surface area contributed by atoms with Gasteiger partial charge in [-0.05, 0) is 17.7 Å². The monoisotopic (exact) mass is 252 g/mol. The first-order valence-electron chi connectivity index (χ1n) is 4.91. The number of nitrogens with zero attached hydrogens (tertiary/aromatic N) is 2. The van der Waals surface area contributed by atoms with Gasteiger partial charge in [0.25, 0.3) is 0 Å². The van der Waals surface area contributed by atoms with Crippen molar-refractivity contribution in [3.63, 3.8) is 0 Å². The summed E-state index contributed by atoms with van der Waals surface area (Å²) in [6.07, 6.45) is 0.206. The molecule has 0 spiro atoms. The van der Waals surface area contributed by atoms with E-state index in [2.05, 4.69) is 10.2 Å². The number of hydrogen-bond donors (Lipinski definition) is 1. The first-order chi connectivity index (χ1) is 8.13. The fourth-order valence-electron chi connectivity index (χ4n) is 1.34. The molecule has 0 saturated carbocycles. The molecule has 0 radical (unpaired) electrons. The second kappa shape index (κ2) is 4.97. The zero-order chi connectivity index (χ0) is 12.3. The van der Waals surface area contributed by atoms with E-state index < -0.39 is 5.97 Å². The Morgan fingerprint density at radius 2 is 1.88 bits per heavy atom. The summed E-state index contributed by atoms with van der Waals surface area (Å²) >= 11 is 5.76. The number of hydrogen-bond acceptors (Lipinski definition) is 4. The molecule has 0 atom stereocenters. The maximum atomic E-state index is 10.4. The number of carbonyl (C=O) groups is 1. The molecule has 1 N–H and O–H groups in total. The summed E-state index contributed by atoms with van der Waals surface area (Å²) in [4.78, 5) is 10.4. The van der Waals surface area contributed by atoms with Crippen molar-refractivity contribution in [2.75, 3.05) is 0 Å². The van der Waals surface area contributed by atoms with Crippen LogP contribution in [0.15, 0.2) is 28.7 Å². The summed E-state index contributed by atoms with van der Waals surface area (Å²) in [6, 6.07) is 7.24. The molecule has 1 aromatic carbocycles. The Balaban J connectivity index is 2.06. The summed E-state index contributed by atoms with van der Waals surface area (Å²) in [5.41, 5.74) is 0.972. The molecule has 5 nitrogen and oxygen atoms in total. The van der Waals surface area contributed by atoms with Crippen LogP contribution in [0.3, 0.4) is 0 Å². The second-order valence-corrected chi connectivity index (χ2v) is 3.90. The Morgan fingerprint density at radius 1 is 1.24 bits per heavy atom. The number of carboxylic acids is 1. The van der Waals surface area contributed by atoms with Gasteiger partial charge in [-0.15, -0.1) is 10.2 Å². The fourth-order valence-corrected chi connectivity index (χ4v) is 1.46. The third-order valence-electron chi connectivity index (χ3n) is 2.08. The van der Waals surface area contributed by atoms with Crippen molar-refractivity contribution < 1.29 is 14.3 Å². The number of aliphatic carboxylic acids is 1. The molecule has 17 heavy (non-hydrogen) atoms. The van der Waals surface area contributed by atoms with Gasteiger partial charge in [0.15, 0.2) is 0 Å². The highest BCUT2D eigenvalue weighted by Crippen LogP contribution is 2.13. The molecule has 0 amide bonds. The molecule has 1 heterocycles. The molecule has 0 saturated heterocycles. The van der Waals surface area contributed by atoms with E-state index >= 15 is 0 Å². The summed E-state index contributed by atoms with van der Waals surface area (Å²) in [5.74, 6) is -0.489. The lowest BCUT2D eigenvalue weighted by atomic mass is 10.1. The van der Waals surface area contributed by atoms with Crippen LogP contribution in [0, 0.1) is 0 Å². The van der Waals surface area contributed by atoms with Crippen molar-refractivity contribution in [1.82, 2.24) is 10.2 Å². The van der Waals surface area contributed by atoms with E-state index in [0.29, 0.717) is 17.3 Å². The van der Waals surface area contributed by atoms with E-state index in [4.69, 9.17) is 21.1 Å². The zero-order valence-electron chi connectivity index (χ0n) is 8.76. The molecular formula is C11H9ClN2O3. The van der Waals surface area contributed by atoms with E-state index in [1.165, 1.54) is 0 Å². The van der Waals surface area contributed by atoms with Gasteiger partial charge in [-0.2, -0.15) is 0 Å². The lowest BCUT2D eigenvalue weighted by Gasteiger charge is -1.96. The van der Waals surface area contributed by atoms with Gasteiger partial charge in [-0.3, -0.25) is 4.79 Å². The van der Waals surface area contributed by atoms with Crippen LogP contribution in [-0.2, 0) is 17.6 Å². The smallest absolute Gasteiger partial charge is 0.312 e. The lowest BCUT2D eigenvalue weighted by Crippen LogP contribution is -1.99. The van der Waals surface area contributed by atoms with E-state index in [0.717, 1.165) is 5.56 Å². The van der Waals surface area contributed by atoms with Crippen LogP contribution < -0.4 is 0 Å². The summed E-state index contributed by atoms with van der Waals surface area (Å²) in [7, 11) is 0. The average molecular weight is 253 g/mol. The molecule has 2 aromatic rings. The number of carboxylic acid groups (broad SMARTS) is 1. The van der Waals surface area contributed by atoms with Gasteiger partial charge in [-0.1, -0.05) is 23.7 Å². The molecule has 88 valence electrons. The van der Waals surface area contributed by atoms with Crippen LogP contribution in [0.25, 0.3) is 0 Å². The zero-order valence-corrected chi connectivity index (χ0v) is 9.52. The fraction of sp³-hybridized carbons (Fsp3) is 0.182. The van der Waals surface area contributed by atoms with Crippen LogP contribution in [0.5, 0.6) is 0 Å². The van der Waals surface area contributed by atoms with Crippen molar-refractivity contribution in [1.29, 1.82) is 0 Å². The van der Waals surface area contributed by atoms with Gasteiger partial charge in [0, 0.05) is 5.02 Å². The molecule has 0 aliphatic rings. The Morgan fingerprint density at radius 3 is 2.53 bits per heavy atom. The minimum Gasteiger partial charge on any atom is -0.481 e. The number of benzene rings is 1. The van der Waals surface area contributed by atoms with E-state index in [1.807, 2.05) is 12.1 Å². The Kier molecular flexibility index (Phi) is 3.39. The van der Waals surface area contributed by atoms with Gasteiger partial charge in [0.05, 0.1) is 6.42 Å². The molecule has 2 rings (SSSR count). The van der Waals surface area contributed by atoms with Gasteiger partial charge in [-0.25, -0.2) is 0 Å². The van der Waals surface area contributed by atoms with Crippen molar-refractivity contribution in [3.05, 3.63) is 46.6 Å². The van der Waals surface area contributed by atoms with Crippen LogP contribution >= 0.6 is 11.6 Å². The maximum Gasteiger partial charge on any atom is 0.312 e. The quantitative estimate of drug-likeness (QED) is 0.900. The number of aromatic nitrogens is 2. The Labute approximate surface area is 102 Å². The van der Waals surface area contributed by atoms with Gasteiger partial charge >= 0.3 is 5.97 Å². The van der Waals surface area contributed by atoms with Gasteiger partial charge < -0.3 is 9.52 Å². The molecule has 0 unspecified atom stereocenters. The van der Waals surface area contributed by atoms with E-state index in [-0.39, 0.29) is 12.3 Å². The number of halogens is 1. The molecule has 0 fully saturated rings. The topological polar surface area (TPSA) is 76.2 Å². The normalized spacial score (nSPS) is 10.4. The Bertz CT molecular complexity index is 522. The SMILES string of the molecule is O=C(O)Cc1nnc(Cc2ccc(Cl)cc2)o1.